The minimum Gasteiger partial charge on any atom is -0.369 e. The molecule has 1 aliphatic heterocycles. The van der Waals surface area contributed by atoms with Crippen molar-refractivity contribution in [1.29, 1.82) is 0 Å². The van der Waals surface area contributed by atoms with Crippen LogP contribution in [0.4, 0.5) is 0 Å². The Morgan fingerprint density at radius 3 is 3.44 bits per heavy atom. The molecule has 5 heteroatoms. The Morgan fingerprint density at radius 1 is 1.62 bits per heavy atom. The highest BCUT2D eigenvalue weighted by Gasteiger charge is 2.25. The van der Waals surface area contributed by atoms with Crippen molar-refractivity contribution in [3.63, 3.8) is 0 Å². The molecule has 0 saturated carbocycles. The largest absolute Gasteiger partial charge is 0.369 e. The SMILES string of the molecule is CNC[C@H]1OCCn2nc3cccnc3c21. The van der Waals surface area contributed by atoms with Gasteiger partial charge in [-0.05, 0) is 19.2 Å². The third kappa shape index (κ3) is 1.40. The average molecular weight is 218 g/mol. The first kappa shape index (κ1) is 9.74. The van der Waals surface area contributed by atoms with Crippen molar-refractivity contribution in [3.8, 4) is 0 Å². The number of hydrogen-bond donors (Lipinski definition) is 1. The molecule has 16 heavy (non-hydrogen) atoms. The van der Waals surface area contributed by atoms with Crippen LogP contribution in [0.5, 0.6) is 0 Å². The zero-order valence-corrected chi connectivity index (χ0v) is 9.18. The molecule has 3 rings (SSSR count). The number of fused-ring (bicyclic) bond motifs is 3. The van der Waals surface area contributed by atoms with Crippen LogP contribution in [0.3, 0.4) is 0 Å². The summed E-state index contributed by atoms with van der Waals surface area (Å²) in [6.45, 7) is 2.32. The van der Waals surface area contributed by atoms with Crippen LogP contribution >= 0.6 is 0 Å². The minimum absolute atomic E-state index is 0.0543. The molecule has 0 amide bonds. The second-order valence-electron chi connectivity index (χ2n) is 3.90. The lowest BCUT2D eigenvalue weighted by Crippen LogP contribution is -2.28. The van der Waals surface area contributed by atoms with Crippen LogP contribution in [0, 0.1) is 0 Å². The fourth-order valence-corrected chi connectivity index (χ4v) is 2.17. The molecule has 2 aromatic rings. The summed E-state index contributed by atoms with van der Waals surface area (Å²) in [6, 6.07) is 3.90. The summed E-state index contributed by atoms with van der Waals surface area (Å²) in [7, 11) is 1.92. The summed E-state index contributed by atoms with van der Waals surface area (Å²) < 4.78 is 7.76. The number of likely N-dealkylation sites (N-methyl/N-ethyl adjacent to an activating group) is 1. The predicted octanol–water partition coefficient (Wildman–Crippen LogP) is 0.722. The highest BCUT2D eigenvalue weighted by Crippen LogP contribution is 2.27. The molecule has 2 aromatic heterocycles. The highest BCUT2D eigenvalue weighted by atomic mass is 16.5. The number of rotatable bonds is 2. The van der Waals surface area contributed by atoms with E-state index in [1.807, 2.05) is 23.9 Å². The van der Waals surface area contributed by atoms with Gasteiger partial charge in [0.25, 0.3) is 0 Å². The smallest absolute Gasteiger partial charge is 0.114 e. The second kappa shape index (κ2) is 3.84. The standard InChI is InChI=1S/C11H14N4O/c1-12-7-9-11-10-8(3-2-4-13-10)14-15(11)5-6-16-9/h2-4,9,12H,5-7H2,1H3/t9-/m1/s1. The van der Waals surface area contributed by atoms with E-state index in [9.17, 15) is 0 Å². The fourth-order valence-electron chi connectivity index (χ4n) is 2.17. The molecule has 1 atom stereocenters. The molecule has 84 valence electrons. The molecule has 5 nitrogen and oxygen atoms in total. The van der Waals surface area contributed by atoms with Gasteiger partial charge in [0.2, 0.25) is 0 Å². The molecule has 0 unspecified atom stereocenters. The number of pyridine rings is 1. The molecular formula is C11H14N4O. The molecular weight excluding hydrogens is 204 g/mol. The maximum absolute atomic E-state index is 5.75. The van der Waals surface area contributed by atoms with Crippen molar-refractivity contribution in [1.82, 2.24) is 20.1 Å². The van der Waals surface area contributed by atoms with Gasteiger partial charge in [-0.25, -0.2) is 0 Å². The molecule has 0 aliphatic carbocycles. The summed E-state index contributed by atoms with van der Waals surface area (Å²) in [5.41, 5.74) is 3.00. The zero-order chi connectivity index (χ0) is 11.0. The van der Waals surface area contributed by atoms with Crippen LogP contribution in [0.15, 0.2) is 18.3 Å². The Balaban J connectivity index is 2.16. The fraction of sp³-hybridized carbons (Fsp3) is 0.455. The average Bonchev–Trinajstić information content (AvgIpc) is 2.68. The molecule has 0 bridgehead atoms. The Hall–Kier alpha value is -1.46. The molecule has 1 N–H and O–H groups in total. The van der Waals surface area contributed by atoms with E-state index in [0.717, 1.165) is 29.8 Å². The first-order chi connectivity index (χ1) is 7.90. The first-order valence-electron chi connectivity index (χ1n) is 5.48. The van der Waals surface area contributed by atoms with E-state index in [0.29, 0.717) is 6.61 Å². The Morgan fingerprint density at radius 2 is 2.56 bits per heavy atom. The molecule has 0 saturated heterocycles. The maximum atomic E-state index is 5.75. The van der Waals surface area contributed by atoms with Crippen LogP contribution in [0.1, 0.15) is 11.8 Å². The molecule has 0 aromatic carbocycles. The van der Waals surface area contributed by atoms with Crippen LogP contribution in [0.2, 0.25) is 0 Å². The molecule has 0 radical (unpaired) electrons. The van der Waals surface area contributed by atoms with Gasteiger partial charge in [-0.3, -0.25) is 9.67 Å². The van der Waals surface area contributed by atoms with Gasteiger partial charge in [0.05, 0.1) is 18.8 Å². The number of ether oxygens (including phenoxy) is 1. The van der Waals surface area contributed by atoms with Gasteiger partial charge in [0.1, 0.15) is 17.1 Å². The molecule has 3 heterocycles. The summed E-state index contributed by atoms with van der Waals surface area (Å²) >= 11 is 0. The van der Waals surface area contributed by atoms with Crippen LogP contribution in [-0.4, -0.2) is 35.0 Å². The molecule has 0 fully saturated rings. The highest BCUT2D eigenvalue weighted by molar-refractivity contribution is 5.77. The lowest BCUT2D eigenvalue weighted by molar-refractivity contribution is 0.0194. The van der Waals surface area contributed by atoms with Gasteiger partial charge >= 0.3 is 0 Å². The van der Waals surface area contributed by atoms with E-state index in [4.69, 9.17) is 4.74 Å². The monoisotopic (exact) mass is 218 g/mol. The lowest BCUT2D eigenvalue weighted by Gasteiger charge is -2.23. The van der Waals surface area contributed by atoms with Crippen molar-refractivity contribution in [3.05, 3.63) is 24.0 Å². The normalized spacial score (nSPS) is 19.9. The topological polar surface area (TPSA) is 52.0 Å². The van der Waals surface area contributed by atoms with Crippen LogP contribution in [0.25, 0.3) is 11.0 Å². The van der Waals surface area contributed by atoms with Gasteiger partial charge in [-0.15, -0.1) is 0 Å². The number of hydrogen-bond acceptors (Lipinski definition) is 4. The minimum atomic E-state index is 0.0543. The Labute approximate surface area is 93.4 Å². The summed E-state index contributed by atoms with van der Waals surface area (Å²) in [5, 5.41) is 7.67. The Kier molecular flexibility index (Phi) is 2.34. The van der Waals surface area contributed by atoms with Crippen molar-refractivity contribution < 1.29 is 4.74 Å². The zero-order valence-electron chi connectivity index (χ0n) is 9.18. The summed E-state index contributed by atoms with van der Waals surface area (Å²) in [5.74, 6) is 0. The summed E-state index contributed by atoms with van der Waals surface area (Å²) in [6.07, 6.45) is 1.86. The van der Waals surface area contributed by atoms with E-state index in [2.05, 4.69) is 15.4 Å². The van der Waals surface area contributed by atoms with E-state index in [-0.39, 0.29) is 6.10 Å². The van der Waals surface area contributed by atoms with Gasteiger partial charge in [-0.2, -0.15) is 5.10 Å². The van der Waals surface area contributed by atoms with Crippen LogP contribution < -0.4 is 5.32 Å². The van der Waals surface area contributed by atoms with E-state index >= 15 is 0 Å². The second-order valence-corrected chi connectivity index (χ2v) is 3.90. The van der Waals surface area contributed by atoms with Crippen molar-refractivity contribution in [2.24, 2.45) is 0 Å². The predicted molar refractivity (Wildman–Crippen MR) is 60.1 cm³/mol. The molecule has 0 spiro atoms. The van der Waals surface area contributed by atoms with Gasteiger partial charge < -0.3 is 10.1 Å². The quantitative estimate of drug-likeness (QED) is 0.807. The summed E-state index contributed by atoms with van der Waals surface area (Å²) in [4.78, 5) is 4.40. The third-order valence-corrected chi connectivity index (χ3v) is 2.85. The van der Waals surface area contributed by atoms with E-state index < -0.39 is 0 Å². The van der Waals surface area contributed by atoms with E-state index in [1.54, 1.807) is 6.20 Å². The number of nitrogens with one attached hydrogen (secondary N) is 1. The number of aromatic nitrogens is 3. The first-order valence-corrected chi connectivity index (χ1v) is 5.48. The lowest BCUT2D eigenvalue weighted by atomic mass is 10.2. The van der Waals surface area contributed by atoms with Crippen LogP contribution in [-0.2, 0) is 11.3 Å². The van der Waals surface area contributed by atoms with Crippen molar-refractivity contribution in [2.75, 3.05) is 20.2 Å². The maximum Gasteiger partial charge on any atom is 0.114 e. The number of nitrogens with zero attached hydrogens (tertiary/aromatic N) is 3. The van der Waals surface area contributed by atoms with Crippen molar-refractivity contribution in [2.45, 2.75) is 12.6 Å². The third-order valence-electron chi connectivity index (χ3n) is 2.85. The molecule has 1 aliphatic rings. The van der Waals surface area contributed by atoms with Gasteiger partial charge in [-0.1, -0.05) is 0 Å². The van der Waals surface area contributed by atoms with E-state index in [1.165, 1.54) is 0 Å². The van der Waals surface area contributed by atoms with Crippen molar-refractivity contribution >= 4 is 11.0 Å². The van der Waals surface area contributed by atoms with Gasteiger partial charge in [0.15, 0.2) is 0 Å². The van der Waals surface area contributed by atoms with Gasteiger partial charge in [0, 0.05) is 12.7 Å². The Bertz CT molecular complexity index is 508.